The molecule has 0 N–H and O–H groups in total. The molecule has 0 saturated carbocycles. The van der Waals surface area contributed by atoms with E-state index in [0.717, 1.165) is 5.39 Å². The maximum absolute atomic E-state index is 12.6. The van der Waals surface area contributed by atoms with Crippen molar-refractivity contribution in [3.63, 3.8) is 0 Å². The van der Waals surface area contributed by atoms with Crippen LogP contribution in [0, 0.1) is 0 Å². The Hall–Kier alpha value is -3.12. The first-order valence-corrected chi connectivity index (χ1v) is 8.27. The van der Waals surface area contributed by atoms with Gasteiger partial charge in [-0.25, -0.2) is 4.98 Å². The molecule has 2 aromatic carbocycles. The monoisotopic (exact) mass is 368 g/mol. The topological polar surface area (TPSA) is 74.3 Å². The number of hydrogen-bond donors (Lipinski definition) is 0. The lowest BCUT2D eigenvalue weighted by Crippen LogP contribution is -2.25. The van der Waals surface area contributed by atoms with Crippen molar-refractivity contribution in [2.75, 3.05) is 0 Å². The highest BCUT2D eigenvalue weighted by molar-refractivity contribution is 6.31. The van der Waals surface area contributed by atoms with Gasteiger partial charge in [-0.1, -0.05) is 41.9 Å². The summed E-state index contributed by atoms with van der Waals surface area (Å²) >= 11 is 6.03. The number of halogens is 1. The zero-order valence-electron chi connectivity index (χ0n) is 13.5. The summed E-state index contributed by atoms with van der Waals surface area (Å²) in [5, 5.41) is 1.27. The second-order valence-electron chi connectivity index (χ2n) is 5.71. The summed E-state index contributed by atoms with van der Waals surface area (Å²) < 4.78 is 11.9. The third-order valence-corrected chi connectivity index (χ3v) is 4.37. The summed E-state index contributed by atoms with van der Waals surface area (Å²) in [6.07, 6.45) is 1.32. The summed E-state index contributed by atoms with van der Waals surface area (Å²) in [6.45, 7) is -0.225. The fourth-order valence-corrected chi connectivity index (χ4v) is 2.88. The Balaban J connectivity index is 1.56. The minimum absolute atomic E-state index is 0.0353. The van der Waals surface area contributed by atoms with Gasteiger partial charge in [0.2, 0.25) is 5.58 Å². The van der Waals surface area contributed by atoms with Gasteiger partial charge in [-0.15, -0.1) is 0 Å². The normalized spacial score (nSPS) is 11.1. The minimum atomic E-state index is -0.565. The Morgan fingerprint density at radius 2 is 1.92 bits per heavy atom. The lowest BCUT2D eigenvalue weighted by atomic mass is 10.2. The van der Waals surface area contributed by atoms with Crippen molar-refractivity contribution in [1.29, 1.82) is 0 Å². The molecule has 4 rings (SSSR count). The Kier molecular flexibility index (Phi) is 4.18. The minimum Gasteiger partial charge on any atom is -0.459 e. The van der Waals surface area contributed by atoms with Crippen molar-refractivity contribution >= 4 is 39.6 Å². The number of ether oxygens (including phenoxy) is 1. The zero-order valence-corrected chi connectivity index (χ0v) is 14.3. The van der Waals surface area contributed by atoms with Gasteiger partial charge < -0.3 is 9.15 Å². The number of aromatic nitrogens is 2. The van der Waals surface area contributed by atoms with Crippen LogP contribution in [0.15, 0.2) is 64.1 Å². The number of rotatable bonds is 4. The molecule has 6 nitrogen and oxygen atoms in total. The highest BCUT2D eigenvalue weighted by Gasteiger charge is 2.15. The number of carbonyl (C=O) groups is 1. The molecule has 0 aliphatic heterocycles. The number of hydrogen-bond acceptors (Lipinski definition) is 5. The molecule has 0 bridgehead atoms. The predicted molar refractivity (Wildman–Crippen MR) is 97.0 cm³/mol. The fraction of sp³-hybridized carbons (Fsp3) is 0.105. The average molecular weight is 369 g/mol. The molecule has 2 heterocycles. The standard InChI is InChI=1S/C19H13ClN2O4/c20-14-7-3-1-5-12(14)10-25-16(23)9-22-11-21-17-13-6-2-4-8-15(13)26-18(17)19(22)24/h1-8,11H,9-10H2. The van der Waals surface area contributed by atoms with E-state index in [9.17, 15) is 9.59 Å². The van der Waals surface area contributed by atoms with Crippen LogP contribution in [0.4, 0.5) is 0 Å². The van der Waals surface area contributed by atoms with E-state index in [4.69, 9.17) is 20.8 Å². The lowest BCUT2D eigenvalue weighted by Gasteiger charge is -2.07. The van der Waals surface area contributed by atoms with Gasteiger partial charge in [-0.3, -0.25) is 14.2 Å². The highest BCUT2D eigenvalue weighted by Crippen LogP contribution is 2.24. The average Bonchev–Trinajstić information content (AvgIpc) is 3.03. The van der Waals surface area contributed by atoms with Crippen LogP contribution in [0.3, 0.4) is 0 Å². The number of para-hydroxylation sites is 1. The Morgan fingerprint density at radius 3 is 2.77 bits per heavy atom. The summed E-state index contributed by atoms with van der Waals surface area (Å²) in [4.78, 5) is 28.9. The van der Waals surface area contributed by atoms with Gasteiger partial charge in [-0.05, 0) is 18.2 Å². The first kappa shape index (κ1) is 16.4. The summed E-state index contributed by atoms with van der Waals surface area (Å²) in [7, 11) is 0. The molecule has 4 aromatic rings. The van der Waals surface area contributed by atoms with Crippen LogP contribution >= 0.6 is 11.6 Å². The number of furan rings is 1. The second kappa shape index (κ2) is 6.65. The van der Waals surface area contributed by atoms with E-state index in [2.05, 4.69) is 4.98 Å². The third kappa shape index (κ3) is 2.95. The Morgan fingerprint density at radius 1 is 1.15 bits per heavy atom. The molecule has 0 radical (unpaired) electrons. The van der Waals surface area contributed by atoms with E-state index in [1.54, 1.807) is 30.3 Å². The van der Waals surface area contributed by atoms with Crippen LogP contribution < -0.4 is 5.56 Å². The smallest absolute Gasteiger partial charge is 0.326 e. The Labute approximate surface area is 152 Å². The molecule has 7 heteroatoms. The molecule has 0 atom stereocenters. The van der Waals surface area contributed by atoms with Crippen LogP contribution in [0.25, 0.3) is 22.1 Å². The van der Waals surface area contributed by atoms with Gasteiger partial charge in [0.1, 0.15) is 24.3 Å². The summed E-state index contributed by atoms with van der Waals surface area (Å²) in [6, 6.07) is 14.3. The van der Waals surface area contributed by atoms with Crippen molar-refractivity contribution in [1.82, 2.24) is 9.55 Å². The first-order valence-electron chi connectivity index (χ1n) is 7.89. The zero-order chi connectivity index (χ0) is 18.1. The fourth-order valence-electron chi connectivity index (χ4n) is 2.69. The van der Waals surface area contributed by atoms with E-state index in [1.807, 2.05) is 18.2 Å². The molecule has 0 fully saturated rings. The third-order valence-electron chi connectivity index (χ3n) is 4.00. The van der Waals surface area contributed by atoms with Gasteiger partial charge in [0.25, 0.3) is 5.56 Å². The lowest BCUT2D eigenvalue weighted by molar-refractivity contribution is -0.145. The molecule has 0 spiro atoms. The van der Waals surface area contributed by atoms with Crippen molar-refractivity contribution in [2.45, 2.75) is 13.2 Å². The molecule has 130 valence electrons. The van der Waals surface area contributed by atoms with Crippen LogP contribution in [-0.4, -0.2) is 15.5 Å². The van der Waals surface area contributed by atoms with E-state index in [0.29, 0.717) is 21.7 Å². The van der Waals surface area contributed by atoms with Gasteiger partial charge in [0, 0.05) is 16.0 Å². The van der Waals surface area contributed by atoms with Gasteiger partial charge in [0.15, 0.2) is 0 Å². The van der Waals surface area contributed by atoms with Crippen LogP contribution in [-0.2, 0) is 22.7 Å². The maximum atomic E-state index is 12.6. The van der Waals surface area contributed by atoms with Crippen LogP contribution in [0.1, 0.15) is 5.56 Å². The molecule has 26 heavy (non-hydrogen) atoms. The summed E-state index contributed by atoms with van der Waals surface area (Å²) in [5.74, 6) is -0.565. The van der Waals surface area contributed by atoms with Crippen molar-refractivity contribution in [3.8, 4) is 0 Å². The van der Waals surface area contributed by atoms with Gasteiger partial charge >= 0.3 is 5.97 Å². The predicted octanol–water partition coefficient (Wildman–Crippen LogP) is 3.54. The number of benzene rings is 2. The molecule has 0 aliphatic carbocycles. The maximum Gasteiger partial charge on any atom is 0.326 e. The number of nitrogens with zero attached hydrogens (tertiary/aromatic N) is 2. The van der Waals surface area contributed by atoms with E-state index >= 15 is 0 Å². The summed E-state index contributed by atoms with van der Waals surface area (Å²) in [5.41, 5.74) is 1.44. The van der Waals surface area contributed by atoms with E-state index < -0.39 is 11.5 Å². The number of esters is 1. The first-order chi connectivity index (χ1) is 12.6. The molecule has 0 amide bonds. The van der Waals surface area contributed by atoms with Crippen molar-refractivity contribution in [3.05, 3.63) is 75.8 Å². The van der Waals surface area contributed by atoms with Gasteiger partial charge in [-0.2, -0.15) is 0 Å². The highest BCUT2D eigenvalue weighted by atomic mass is 35.5. The van der Waals surface area contributed by atoms with Crippen LogP contribution in [0.2, 0.25) is 5.02 Å². The quantitative estimate of drug-likeness (QED) is 0.515. The molecule has 2 aromatic heterocycles. The molecule has 0 unspecified atom stereocenters. The Bertz CT molecular complexity index is 1180. The van der Waals surface area contributed by atoms with Crippen molar-refractivity contribution < 1.29 is 13.9 Å². The molecular formula is C19H13ClN2O4. The number of carbonyl (C=O) groups excluding carboxylic acids is 1. The second-order valence-corrected chi connectivity index (χ2v) is 6.11. The molecule has 0 aliphatic rings. The molecular weight excluding hydrogens is 356 g/mol. The number of fused-ring (bicyclic) bond motifs is 3. The largest absolute Gasteiger partial charge is 0.459 e. The SMILES string of the molecule is O=C(Cn1cnc2c(oc3ccccc32)c1=O)OCc1ccccc1Cl. The van der Waals surface area contributed by atoms with Gasteiger partial charge in [0.05, 0.1) is 6.33 Å². The van der Waals surface area contributed by atoms with Crippen LogP contribution in [0.5, 0.6) is 0 Å². The van der Waals surface area contributed by atoms with E-state index in [-0.39, 0.29) is 18.7 Å². The van der Waals surface area contributed by atoms with Crippen molar-refractivity contribution in [2.24, 2.45) is 0 Å². The molecule has 0 saturated heterocycles. The van der Waals surface area contributed by atoms with E-state index in [1.165, 1.54) is 10.9 Å².